The molecule has 1 rings (SSSR count). The monoisotopic (exact) mass is 259 g/mol. The van der Waals surface area contributed by atoms with Crippen molar-refractivity contribution in [2.24, 2.45) is 0 Å². The van der Waals surface area contributed by atoms with Gasteiger partial charge in [-0.3, -0.25) is 4.98 Å². The van der Waals surface area contributed by atoms with Crippen molar-refractivity contribution in [1.82, 2.24) is 4.98 Å². The van der Waals surface area contributed by atoms with Gasteiger partial charge in [0, 0.05) is 12.4 Å². The van der Waals surface area contributed by atoms with Gasteiger partial charge < -0.3 is 0 Å². The highest BCUT2D eigenvalue weighted by atomic mass is 35.5. The minimum Gasteiger partial charge on any atom is -0.265 e. The molecule has 0 saturated carbocycles. The first-order chi connectivity index (χ1) is 7.43. The molecule has 0 spiro atoms. The van der Waals surface area contributed by atoms with E-state index in [1.165, 1.54) is 49.2 Å². The number of unbranched alkanes of at least 4 members (excludes halogenated alkanes) is 3. The number of nitrogens with zero attached hydrogens (tertiary/aromatic N) is 1. The van der Waals surface area contributed by atoms with E-state index in [9.17, 15) is 0 Å². The molecule has 1 aromatic rings. The van der Waals surface area contributed by atoms with E-state index < -0.39 is 0 Å². The Morgan fingerprint density at radius 3 is 2.50 bits per heavy atom. The highest BCUT2D eigenvalue weighted by Gasteiger charge is 1.93. The second kappa shape index (κ2) is 11.3. The lowest BCUT2D eigenvalue weighted by molar-refractivity contribution is 0.706. The molecule has 1 aromatic heterocycles. The summed E-state index contributed by atoms with van der Waals surface area (Å²) in [6.45, 7) is 2.26. The Kier molecular flexibility index (Phi) is 11.1. The van der Waals surface area contributed by atoms with Gasteiger partial charge >= 0.3 is 0 Å². The zero-order valence-electron chi connectivity index (χ0n) is 10.0. The van der Waals surface area contributed by atoms with Crippen molar-refractivity contribution in [3.8, 4) is 0 Å². The van der Waals surface area contributed by atoms with Crippen LogP contribution in [-0.4, -0.2) is 16.5 Å². The molecular weight excluding hydrogens is 238 g/mol. The van der Waals surface area contributed by atoms with Crippen LogP contribution in [0.5, 0.6) is 0 Å². The maximum absolute atomic E-state index is 4.02. The van der Waals surface area contributed by atoms with Gasteiger partial charge in [-0.15, -0.1) is 12.4 Å². The first-order valence-corrected chi connectivity index (χ1v) is 7.05. The number of halogens is 1. The summed E-state index contributed by atoms with van der Waals surface area (Å²) in [5, 5.41) is 0. The lowest BCUT2D eigenvalue weighted by Gasteiger charge is -2.01. The molecule has 0 saturated heterocycles. The summed E-state index contributed by atoms with van der Waals surface area (Å²) < 4.78 is 0. The largest absolute Gasteiger partial charge is 0.265 e. The molecule has 0 N–H and O–H groups in total. The van der Waals surface area contributed by atoms with Gasteiger partial charge in [0.1, 0.15) is 0 Å². The summed E-state index contributed by atoms with van der Waals surface area (Å²) in [6.07, 6.45) is 10.4. The molecule has 16 heavy (non-hydrogen) atoms. The van der Waals surface area contributed by atoms with E-state index in [2.05, 4.69) is 35.8 Å². The van der Waals surface area contributed by atoms with E-state index in [4.69, 9.17) is 0 Å². The van der Waals surface area contributed by atoms with Gasteiger partial charge in [0.05, 0.1) is 0 Å². The summed E-state index contributed by atoms with van der Waals surface area (Å²) >= 11 is 2.08. The molecule has 0 aliphatic heterocycles. The Morgan fingerprint density at radius 2 is 1.81 bits per heavy atom. The number of pyridine rings is 1. The first-order valence-electron chi connectivity index (χ1n) is 5.90. The van der Waals surface area contributed by atoms with Crippen LogP contribution in [0.25, 0.3) is 0 Å². The van der Waals surface area contributed by atoms with Crippen molar-refractivity contribution in [3.63, 3.8) is 0 Å². The molecule has 3 heteroatoms. The Hall–Kier alpha value is -0.210. The van der Waals surface area contributed by atoms with E-state index in [0.717, 1.165) is 0 Å². The molecule has 0 aliphatic rings. The van der Waals surface area contributed by atoms with Gasteiger partial charge in [-0.25, -0.2) is 0 Å². The average molecular weight is 260 g/mol. The second-order valence-corrected chi connectivity index (χ2v) is 5.00. The topological polar surface area (TPSA) is 12.9 Å². The number of rotatable bonds is 8. The van der Waals surface area contributed by atoms with E-state index in [1.807, 2.05) is 12.4 Å². The normalized spacial score (nSPS) is 9.81. The molecule has 0 radical (unpaired) electrons. The van der Waals surface area contributed by atoms with Crippen LogP contribution >= 0.6 is 24.2 Å². The quantitative estimate of drug-likeness (QED) is 0.644. The molecule has 0 aliphatic carbocycles. The van der Waals surface area contributed by atoms with Crippen LogP contribution in [-0.2, 0) is 6.42 Å². The first kappa shape index (κ1) is 15.8. The Bertz CT molecular complexity index is 241. The smallest absolute Gasteiger partial charge is 0.0270 e. The lowest BCUT2D eigenvalue weighted by atomic mass is 10.2. The van der Waals surface area contributed by atoms with Gasteiger partial charge in [0.2, 0.25) is 0 Å². The minimum atomic E-state index is 0. The molecule has 0 unspecified atom stereocenters. The van der Waals surface area contributed by atoms with Crippen molar-refractivity contribution < 1.29 is 0 Å². The van der Waals surface area contributed by atoms with Crippen molar-refractivity contribution in [3.05, 3.63) is 30.1 Å². The number of aromatic nitrogens is 1. The van der Waals surface area contributed by atoms with Gasteiger partial charge in [-0.05, 0) is 42.0 Å². The summed E-state index contributed by atoms with van der Waals surface area (Å²) in [6, 6.07) is 4.22. The van der Waals surface area contributed by atoms with Crippen LogP contribution in [0.3, 0.4) is 0 Å². The Morgan fingerprint density at radius 1 is 1.06 bits per heavy atom. The molecule has 1 heterocycles. The third-order valence-electron chi connectivity index (χ3n) is 2.43. The Balaban J connectivity index is 0.00000225. The molecular formula is C13H22ClNS. The molecule has 0 bridgehead atoms. The van der Waals surface area contributed by atoms with Gasteiger partial charge in [0.25, 0.3) is 0 Å². The SMILES string of the molecule is CCCCCCSCCc1ccncc1.Cl. The third kappa shape index (κ3) is 8.00. The fourth-order valence-electron chi connectivity index (χ4n) is 1.47. The molecule has 92 valence electrons. The van der Waals surface area contributed by atoms with Gasteiger partial charge in [0.15, 0.2) is 0 Å². The van der Waals surface area contributed by atoms with Gasteiger partial charge in [-0.2, -0.15) is 11.8 Å². The van der Waals surface area contributed by atoms with Crippen LogP contribution in [0.4, 0.5) is 0 Å². The number of hydrogen-bond donors (Lipinski definition) is 0. The molecule has 0 amide bonds. The van der Waals surface area contributed by atoms with Crippen molar-refractivity contribution in [2.75, 3.05) is 11.5 Å². The molecule has 1 nitrogen and oxygen atoms in total. The van der Waals surface area contributed by atoms with E-state index in [0.29, 0.717) is 0 Å². The highest BCUT2D eigenvalue weighted by molar-refractivity contribution is 7.99. The fourth-order valence-corrected chi connectivity index (χ4v) is 2.46. The fraction of sp³-hybridized carbons (Fsp3) is 0.615. The van der Waals surface area contributed by atoms with Gasteiger partial charge in [-0.1, -0.05) is 26.2 Å². The van der Waals surface area contributed by atoms with Crippen molar-refractivity contribution in [2.45, 2.75) is 39.0 Å². The minimum absolute atomic E-state index is 0. The van der Waals surface area contributed by atoms with E-state index >= 15 is 0 Å². The summed E-state index contributed by atoms with van der Waals surface area (Å²) in [7, 11) is 0. The maximum atomic E-state index is 4.02. The second-order valence-electron chi connectivity index (χ2n) is 3.78. The maximum Gasteiger partial charge on any atom is 0.0270 e. The zero-order valence-corrected chi connectivity index (χ0v) is 11.7. The Labute approximate surface area is 110 Å². The highest BCUT2D eigenvalue weighted by Crippen LogP contribution is 2.10. The van der Waals surface area contributed by atoms with Crippen LogP contribution in [0, 0.1) is 0 Å². The zero-order chi connectivity index (χ0) is 10.8. The van der Waals surface area contributed by atoms with E-state index in [1.54, 1.807) is 0 Å². The lowest BCUT2D eigenvalue weighted by Crippen LogP contribution is -1.90. The molecule has 0 aromatic carbocycles. The standard InChI is InChI=1S/C13H21NS.ClH/c1-2-3-4-5-11-15-12-8-13-6-9-14-10-7-13;/h6-7,9-10H,2-5,8,11-12H2,1H3;1H. The molecule has 0 fully saturated rings. The predicted octanol–water partition coefficient (Wildman–Crippen LogP) is 4.36. The third-order valence-corrected chi connectivity index (χ3v) is 3.50. The number of aryl methyl sites for hydroxylation is 1. The average Bonchev–Trinajstić information content (AvgIpc) is 2.29. The predicted molar refractivity (Wildman–Crippen MR) is 76.7 cm³/mol. The van der Waals surface area contributed by atoms with Crippen molar-refractivity contribution in [1.29, 1.82) is 0 Å². The van der Waals surface area contributed by atoms with Crippen LogP contribution in [0.15, 0.2) is 24.5 Å². The molecule has 0 atom stereocenters. The summed E-state index contributed by atoms with van der Waals surface area (Å²) in [4.78, 5) is 4.02. The van der Waals surface area contributed by atoms with E-state index in [-0.39, 0.29) is 12.4 Å². The number of thioether (sulfide) groups is 1. The van der Waals surface area contributed by atoms with Crippen LogP contribution < -0.4 is 0 Å². The summed E-state index contributed by atoms with van der Waals surface area (Å²) in [5.74, 6) is 2.57. The van der Waals surface area contributed by atoms with Crippen molar-refractivity contribution >= 4 is 24.2 Å². The number of hydrogen-bond acceptors (Lipinski definition) is 2. The van der Waals surface area contributed by atoms with Crippen LogP contribution in [0.1, 0.15) is 38.2 Å². The van der Waals surface area contributed by atoms with Crippen LogP contribution in [0.2, 0.25) is 0 Å². The summed E-state index contributed by atoms with van der Waals surface area (Å²) in [5.41, 5.74) is 1.41.